The van der Waals surface area contributed by atoms with Crippen molar-refractivity contribution in [3.8, 4) is 11.5 Å². The van der Waals surface area contributed by atoms with E-state index in [1.54, 1.807) is 12.3 Å². The Kier molecular flexibility index (Phi) is 4.57. The molecule has 0 fully saturated rings. The molecule has 0 atom stereocenters. The van der Waals surface area contributed by atoms with Gasteiger partial charge in [0, 0.05) is 12.3 Å². The maximum atomic E-state index is 11.3. The minimum atomic E-state index is -0.750. The Hall–Kier alpha value is -1.78. The fraction of sp³-hybridized carbons (Fsp3) is 0.455. The average Bonchev–Trinajstić information content (AvgIpc) is 2.27. The van der Waals surface area contributed by atoms with Crippen molar-refractivity contribution in [2.75, 3.05) is 13.7 Å². The van der Waals surface area contributed by atoms with Crippen molar-refractivity contribution in [1.29, 1.82) is 0 Å². The number of hydrogen-bond donors (Lipinski definition) is 0. The van der Waals surface area contributed by atoms with Crippen molar-refractivity contribution < 1.29 is 19.0 Å². The van der Waals surface area contributed by atoms with E-state index >= 15 is 0 Å². The van der Waals surface area contributed by atoms with Crippen LogP contribution in [0.25, 0.3) is 0 Å². The SMILES string of the molecule is COc1ccncc1OC(=O)OCC(C)C. The van der Waals surface area contributed by atoms with Crippen LogP contribution in [-0.2, 0) is 4.74 Å². The molecule has 0 aromatic carbocycles. The van der Waals surface area contributed by atoms with E-state index in [0.29, 0.717) is 12.4 Å². The van der Waals surface area contributed by atoms with Crippen LogP contribution in [0.3, 0.4) is 0 Å². The lowest BCUT2D eigenvalue weighted by atomic mass is 10.2. The van der Waals surface area contributed by atoms with Gasteiger partial charge in [0.25, 0.3) is 0 Å². The number of methoxy groups -OCH3 is 1. The molecule has 0 aliphatic heterocycles. The zero-order chi connectivity index (χ0) is 12.0. The minimum absolute atomic E-state index is 0.249. The van der Waals surface area contributed by atoms with Crippen LogP contribution in [0.15, 0.2) is 18.5 Å². The molecule has 0 unspecified atom stereocenters. The summed E-state index contributed by atoms with van der Waals surface area (Å²) < 4.78 is 14.8. The molecule has 0 saturated heterocycles. The smallest absolute Gasteiger partial charge is 0.493 e. The van der Waals surface area contributed by atoms with Crippen molar-refractivity contribution in [2.24, 2.45) is 5.92 Å². The van der Waals surface area contributed by atoms with Crippen LogP contribution in [0.1, 0.15) is 13.8 Å². The van der Waals surface area contributed by atoms with E-state index in [1.807, 2.05) is 13.8 Å². The van der Waals surface area contributed by atoms with Gasteiger partial charge in [0.05, 0.1) is 19.9 Å². The summed E-state index contributed by atoms with van der Waals surface area (Å²) in [5, 5.41) is 0. The highest BCUT2D eigenvalue weighted by molar-refractivity contribution is 5.64. The molecule has 0 aliphatic carbocycles. The van der Waals surface area contributed by atoms with Crippen LogP contribution in [0, 0.1) is 5.92 Å². The summed E-state index contributed by atoms with van der Waals surface area (Å²) in [6.45, 7) is 4.21. The van der Waals surface area contributed by atoms with Gasteiger partial charge in [-0.3, -0.25) is 4.98 Å². The Morgan fingerprint density at radius 1 is 1.44 bits per heavy atom. The molecule has 1 aromatic heterocycles. The monoisotopic (exact) mass is 225 g/mol. The molecule has 0 bridgehead atoms. The first-order valence-electron chi connectivity index (χ1n) is 4.96. The molecular formula is C11H15NO4. The number of rotatable bonds is 4. The second-order valence-electron chi connectivity index (χ2n) is 3.58. The molecule has 0 N–H and O–H groups in total. The third kappa shape index (κ3) is 3.76. The number of carbonyl (C=O) groups is 1. The molecule has 0 amide bonds. The molecule has 88 valence electrons. The van der Waals surface area contributed by atoms with E-state index in [2.05, 4.69) is 4.98 Å². The highest BCUT2D eigenvalue weighted by Gasteiger charge is 2.11. The quantitative estimate of drug-likeness (QED) is 0.735. The Labute approximate surface area is 94.3 Å². The van der Waals surface area contributed by atoms with E-state index < -0.39 is 6.16 Å². The Bertz CT molecular complexity index is 352. The van der Waals surface area contributed by atoms with Gasteiger partial charge in [-0.1, -0.05) is 13.8 Å². The average molecular weight is 225 g/mol. The number of ether oxygens (including phenoxy) is 3. The van der Waals surface area contributed by atoms with Gasteiger partial charge < -0.3 is 14.2 Å². The Balaban J connectivity index is 2.55. The van der Waals surface area contributed by atoms with Crippen LogP contribution in [-0.4, -0.2) is 24.9 Å². The van der Waals surface area contributed by atoms with Crippen molar-refractivity contribution in [1.82, 2.24) is 4.98 Å². The lowest BCUT2D eigenvalue weighted by Gasteiger charge is -2.09. The number of carbonyl (C=O) groups excluding carboxylic acids is 1. The molecule has 1 rings (SSSR count). The van der Waals surface area contributed by atoms with Crippen molar-refractivity contribution >= 4 is 6.16 Å². The second-order valence-corrected chi connectivity index (χ2v) is 3.58. The van der Waals surface area contributed by atoms with E-state index in [9.17, 15) is 4.79 Å². The summed E-state index contributed by atoms with van der Waals surface area (Å²) in [5.74, 6) is 0.957. The molecule has 1 aromatic rings. The molecule has 16 heavy (non-hydrogen) atoms. The van der Waals surface area contributed by atoms with Gasteiger partial charge in [0.15, 0.2) is 11.5 Å². The zero-order valence-electron chi connectivity index (χ0n) is 9.60. The van der Waals surface area contributed by atoms with Gasteiger partial charge in [-0.15, -0.1) is 0 Å². The Morgan fingerprint density at radius 2 is 2.19 bits per heavy atom. The molecule has 5 heteroatoms. The molecule has 5 nitrogen and oxygen atoms in total. The maximum Gasteiger partial charge on any atom is 0.514 e. The van der Waals surface area contributed by atoms with E-state index in [0.717, 1.165) is 0 Å². The van der Waals surface area contributed by atoms with Crippen LogP contribution < -0.4 is 9.47 Å². The van der Waals surface area contributed by atoms with Gasteiger partial charge in [-0.05, 0) is 5.92 Å². The fourth-order valence-corrected chi connectivity index (χ4v) is 0.966. The van der Waals surface area contributed by atoms with Crippen molar-refractivity contribution in [3.05, 3.63) is 18.5 Å². The number of aromatic nitrogens is 1. The molecule has 0 radical (unpaired) electrons. The third-order valence-electron chi connectivity index (χ3n) is 1.69. The number of nitrogens with zero attached hydrogens (tertiary/aromatic N) is 1. The lowest BCUT2D eigenvalue weighted by molar-refractivity contribution is 0.0874. The Morgan fingerprint density at radius 3 is 2.81 bits per heavy atom. The predicted molar refractivity (Wildman–Crippen MR) is 57.6 cm³/mol. The highest BCUT2D eigenvalue weighted by Crippen LogP contribution is 2.24. The summed E-state index contributed by atoms with van der Waals surface area (Å²) in [4.78, 5) is 15.1. The van der Waals surface area contributed by atoms with Gasteiger partial charge >= 0.3 is 6.16 Å². The summed E-state index contributed by atoms with van der Waals surface area (Å²) >= 11 is 0. The zero-order valence-corrected chi connectivity index (χ0v) is 9.60. The van der Waals surface area contributed by atoms with Crippen LogP contribution >= 0.6 is 0 Å². The van der Waals surface area contributed by atoms with Gasteiger partial charge in [0.1, 0.15) is 0 Å². The lowest BCUT2D eigenvalue weighted by Crippen LogP contribution is -2.14. The van der Waals surface area contributed by atoms with Crippen molar-refractivity contribution in [2.45, 2.75) is 13.8 Å². The topological polar surface area (TPSA) is 57.7 Å². The molecule has 0 saturated carbocycles. The van der Waals surface area contributed by atoms with Crippen LogP contribution in [0.2, 0.25) is 0 Å². The first-order valence-corrected chi connectivity index (χ1v) is 4.96. The van der Waals surface area contributed by atoms with Crippen LogP contribution in [0.4, 0.5) is 4.79 Å². The predicted octanol–water partition coefficient (Wildman–Crippen LogP) is 2.26. The molecule has 0 spiro atoms. The number of pyridine rings is 1. The van der Waals surface area contributed by atoms with Gasteiger partial charge in [-0.2, -0.15) is 0 Å². The van der Waals surface area contributed by atoms with E-state index in [1.165, 1.54) is 13.3 Å². The van der Waals surface area contributed by atoms with E-state index in [4.69, 9.17) is 14.2 Å². The van der Waals surface area contributed by atoms with Crippen molar-refractivity contribution in [3.63, 3.8) is 0 Å². The molecule has 0 aliphatic rings. The summed E-state index contributed by atoms with van der Waals surface area (Å²) in [6.07, 6.45) is 2.20. The highest BCUT2D eigenvalue weighted by atomic mass is 16.7. The van der Waals surface area contributed by atoms with E-state index in [-0.39, 0.29) is 11.7 Å². The number of hydrogen-bond acceptors (Lipinski definition) is 5. The molecular weight excluding hydrogens is 210 g/mol. The van der Waals surface area contributed by atoms with Gasteiger partial charge in [-0.25, -0.2) is 4.79 Å². The summed E-state index contributed by atoms with van der Waals surface area (Å²) in [6, 6.07) is 1.60. The maximum absolute atomic E-state index is 11.3. The first-order chi connectivity index (χ1) is 7.63. The third-order valence-corrected chi connectivity index (χ3v) is 1.69. The van der Waals surface area contributed by atoms with Gasteiger partial charge in [0.2, 0.25) is 0 Å². The normalized spacial score (nSPS) is 10.0. The van der Waals surface area contributed by atoms with Crippen LogP contribution in [0.5, 0.6) is 11.5 Å². The minimum Gasteiger partial charge on any atom is -0.493 e. The standard InChI is InChI=1S/C11H15NO4/c1-8(2)7-15-11(13)16-10-6-12-5-4-9(10)14-3/h4-6,8H,7H2,1-3H3. The summed E-state index contributed by atoms with van der Waals surface area (Å²) in [7, 11) is 1.49. The summed E-state index contributed by atoms with van der Waals surface area (Å²) in [5.41, 5.74) is 0. The largest absolute Gasteiger partial charge is 0.514 e. The second kappa shape index (κ2) is 5.95. The fourth-order valence-electron chi connectivity index (χ4n) is 0.966. The molecule has 1 heterocycles. The first kappa shape index (κ1) is 12.3.